The summed E-state index contributed by atoms with van der Waals surface area (Å²) in [5.74, 6) is -2.22. The molecule has 2 rings (SSSR count). The minimum absolute atomic E-state index is 0.0197. The second kappa shape index (κ2) is 9.31. The maximum absolute atomic E-state index is 13.6. The number of nitrogens with zero attached hydrogens (tertiary/aromatic N) is 1. The molecule has 2 aromatic carbocycles. The summed E-state index contributed by atoms with van der Waals surface area (Å²) < 4.78 is 19.0. The number of amides is 2. The van der Waals surface area contributed by atoms with Crippen LogP contribution < -0.4 is 15.5 Å². The summed E-state index contributed by atoms with van der Waals surface area (Å²) in [6, 6.07) is 13.0. The van der Waals surface area contributed by atoms with Crippen molar-refractivity contribution < 1.29 is 18.7 Å². The molecule has 1 unspecified atom stereocenters. The molecular formula is C19H20FN3O3. The zero-order chi connectivity index (χ0) is 18.9. The molecule has 0 fully saturated rings. The monoisotopic (exact) mass is 357 g/mol. The van der Waals surface area contributed by atoms with Crippen LogP contribution in [0.15, 0.2) is 53.6 Å². The van der Waals surface area contributed by atoms with Crippen LogP contribution >= 0.6 is 0 Å². The summed E-state index contributed by atoms with van der Waals surface area (Å²) in [5.41, 5.74) is 3.01. The lowest BCUT2D eigenvalue weighted by Gasteiger charge is -2.11. The molecule has 0 aliphatic carbocycles. The van der Waals surface area contributed by atoms with E-state index in [0.717, 1.165) is 0 Å². The van der Waals surface area contributed by atoms with Gasteiger partial charge >= 0.3 is 0 Å². The van der Waals surface area contributed by atoms with Gasteiger partial charge in [0.15, 0.2) is 0 Å². The van der Waals surface area contributed by atoms with Gasteiger partial charge in [-0.15, -0.1) is 0 Å². The molecule has 0 saturated heterocycles. The number of hydrogen-bond acceptors (Lipinski definition) is 4. The van der Waals surface area contributed by atoms with Crippen LogP contribution in [0.4, 0.5) is 10.1 Å². The first-order valence-electron chi connectivity index (χ1n) is 8.13. The third kappa shape index (κ3) is 5.14. The summed E-state index contributed by atoms with van der Waals surface area (Å²) in [5, 5.41) is 6.23. The maximum Gasteiger partial charge on any atom is 0.252 e. The molecule has 0 saturated carbocycles. The van der Waals surface area contributed by atoms with Gasteiger partial charge in [0.2, 0.25) is 5.91 Å². The van der Waals surface area contributed by atoms with Gasteiger partial charge in [0.05, 0.1) is 18.5 Å². The Kier molecular flexibility index (Phi) is 6.84. The second-order valence-corrected chi connectivity index (χ2v) is 5.40. The number of hydrogen-bond donors (Lipinski definition) is 2. The van der Waals surface area contributed by atoms with Crippen molar-refractivity contribution in [3.05, 3.63) is 59.9 Å². The lowest BCUT2D eigenvalue weighted by atomic mass is 10.1. The summed E-state index contributed by atoms with van der Waals surface area (Å²) in [4.78, 5) is 24.1. The lowest BCUT2D eigenvalue weighted by molar-refractivity contribution is -0.131. The van der Waals surface area contributed by atoms with Gasteiger partial charge in [-0.25, -0.2) is 9.82 Å². The third-order valence-corrected chi connectivity index (χ3v) is 3.52. The SMILES string of the molecule is CCOc1ccccc1C=NNC(=O)C(C)C(=O)Nc1ccccc1F. The molecule has 2 N–H and O–H groups in total. The number of nitrogens with one attached hydrogen (secondary N) is 2. The fraction of sp³-hybridized carbons (Fsp3) is 0.211. The van der Waals surface area contributed by atoms with Crippen molar-refractivity contribution in [2.75, 3.05) is 11.9 Å². The molecule has 6 nitrogen and oxygen atoms in total. The van der Waals surface area contributed by atoms with Crippen molar-refractivity contribution in [1.82, 2.24) is 5.43 Å². The van der Waals surface area contributed by atoms with Crippen molar-refractivity contribution in [3.8, 4) is 5.75 Å². The molecule has 7 heteroatoms. The minimum Gasteiger partial charge on any atom is -0.493 e. The Labute approximate surface area is 151 Å². The molecule has 0 spiro atoms. The zero-order valence-corrected chi connectivity index (χ0v) is 14.5. The van der Waals surface area contributed by atoms with Crippen LogP contribution in [0, 0.1) is 11.7 Å². The molecule has 0 aromatic heterocycles. The van der Waals surface area contributed by atoms with Gasteiger partial charge in [0.1, 0.15) is 17.5 Å². The van der Waals surface area contributed by atoms with E-state index in [2.05, 4.69) is 15.8 Å². The topological polar surface area (TPSA) is 79.8 Å². The molecular weight excluding hydrogens is 337 g/mol. The number of benzene rings is 2. The first-order valence-corrected chi connectivity index (χ1v) is 8.13. The van der Waals surface area contributed by atoms with Crippen LogP contribution in [0.1, 0.15) is 19.4 Å². The van der Waals surface area contributed by atoms with Gasteiger partial charge < -0.3 is 10.1 Å². The van der Waals surface area contributed by atoms with Crippen molar-refractivity contribution in [3.63, 3.8) is 0 Å². The second-order valence-electron chi connectivity index (χ2n) is 5.40. The smallest absolute Gasteiger partial charge is 0.252 e. The number of ether oxygens (including phenoxy) is 1. The van der Waals surface area contributed by atoms with Crippen LogP contribution in [0.5, 0.6) is 5.75 Å². The minimum atomic E-state index is -1.05. The standard InChI is InChI=1S/C19H20FN3O3/c1-3-26-17-11-7-4-8-14(17)12-21-23-19(25)13(2)18(24)22-16-10-6-5-9-15(16)20/h4-13H,3H2,1-2H3,(H,22,24)(H,23,25). The van der Waals surface area contributed by atoms with E-state index >= 15 is 0 Å². The van der Waals surface area contributed by atoms with Gasteiger partial charge in [-0.1, -0.05) is 24.3 Å². The number of carbonyl (C=O) groups excluding carboxylic acids is 2. The highest BCUT2D eigenvalue weighted by Crippen LogP contribution is 2.16. The molecule has 2 aromatic rings. The Morgan fingerprint density at radius 1 is 1.15 bits per heavy atom. The number of halogens is 1. The van der Waals surface area contributed by atoms with Crippen molar-refractivity contribution >= 4 is 23.7 Å². The molecule has 0 aliphatic heterocycles. The number of hydrazone groups is 1. The molecule has 0 aliphatic rings. The summed E-state index contributed by atoms with van der Waals surface area (Å²) in [6.07, 6.45) is 1.43. The average molecular weight is 357 g/mol. The molecule has 136 valence electrons. The molecule has 0 heterocycles. The molecule has 0 radical (unpaired) electrons. The molecule has 2 amide bonds. The Morgan fingerprint density at radius 2 is 1.85 bits per heavy atom. The van der Waals surface area contributed by atoms with E-state index < -0.39 is 23.5 Å². The quantitative estimate of drug-likeness (QED) is 0.454. The number of carbonyl (C=O) groups is 2. The number of anilines is 1. The Hall–Kier alpha value is -3.22. The van der Waals surface area contributed by atoms with E-state index in [-0.39, 0.29) is 5.69 Å². The third-order valence-electron chi connectivity index (χ3n) is 3.52. The summed E-state index contributed by atoms with van der Waals surface area (Å²) in [6.45, 7) is 3.78. The van der Waals surface area contributed by atoms with Gasteiger partial charge in [0, 0.05) is 5.56 Å². The zero-order valence-electron chi connectivity index (χ0n) is 14.5. The normalized spacial score (nSPS) is 11.8. The van der Waals surface area contributed by atoms with Gasteiger partial charge in [0.25, 0.3) is 5.91 Å². The first-order chi connectivity index (χ1) is 12.5. The van der Waals surface area contributed by atoms with Gasteiger partial charge in [-0.05, 0) is 38.1 Å². The van der Waals surface area contributed by atoms with E-state index in [4.69, 9.17) is 4.74 Å². The van der Waals surface area contributed by atoms with E-state index in [0.29, 0.717) is 17.9 Å². The maximum atomic E-state index is 13.6. The van der Waals surface area contributed by atoms with Gasteiger partial charge in [-0.3, -0.25) is 9.59 Å². The fourth-order valence-electron chi connectivity index (χ4n) is 2.06. The molecule has 0 bridgehead atoms. The van der Waals surface area contributed by atoms with Crippen molar-refractivity contribution in [1.29, 1.82) is 0 Å². The van der Waals surface area contributed by atoms with Crippen LogP contribution in [-0.4, -0.2) is 24.6 Å². The highest BCUT2D eigenvalue weighted by molar-refractivity contribution is 6.06. The summed E-state index contributed by atoms with van der Waals surface area (Å²) in [7, 11) is 0. The first kappa shape index (κ1) is 19.1. The fourth-order valence-corrected chi connectivity index (χ4v) is 2.06. The van der Waals surface area contributed by atoms with E-state index in [1.54, 1.807) is 18.2 Å². The van der Waals surface area contributed by atoms with E-state index in [1.807, 2.05) is 19.1 Å². The number of rotatable bonds is 7. The van der Waals surface area contributed by atoms with Gasteiger partial charge in [-0.2, -0.15) is 5.10 Å². The molecule has 26 heavy (non-hydrogen) atoms. The van der Waals surface area contributed by atoms with E-state index in [9.17, 15) is 14.0 Å². The lowest BCUT2D eigenvalue weighted by Crippen LogP contribution is -2.34. The predicted octanol–water partition coefficient (Wildman–Crippen LogP) is 2.95. The Bertz CT molecular complexity index is 808. The Balaban J connectivity index is 1.95. The van der Waals surface area contributed by atoms with Crippen molar-refractivity contribution in [2.45, 2.75) is 13.8 Å². The van der Waals surface area contributed by atoms with E-state index in [1.165, 1.54) is 31.3 Å². The van der Waals surface area contributed by atoms with Crippen LogP contribution in [-0.2, 0) is 9.59 Å². The molecule has 1 atom stereocenters. The average Bonchev–Trinajstić information content (AvgIpc) is 2.64. The Morgan fingerprint density at radius 3 is 2.58 bits per heavy atom. The van der Waals surface area contributed by atoms with Crippen LogP contribution in [0.3, 0.4) is 0 Å². The summed E-state index contributed by atoms with van der Waals surface area (Å²) >= 11 is 0. The van der Waals surface area contributed by atoms with Crippen LogP contribution in [0.2, 0.25) is 0 Å². The highest BCUT2D eigenvalue weighted by Gasteiger charge is 2.22. The number of para-hydroxylation sites is 2. The van der Waals surface area contributed by atoms with Crippen LogP contribution in [0.25, 0.3) is 0 Å². The highest BCUT2D eigenvalue weighted by atomic mass is 19.1. The predicted molar refractivity (Wildman–Crippen MR) is 97.5 cm³/mol. The van der Waals surface area contributed by atoms with Crippen molar-refractivity contribution in [2.24, 2.45) is 11.0 Å². The largest absolute Gasteiger partial charge is 0.493 e.